The lowest BCUT2D eigenvalue weighted by atomic mass is 10.2. The fourth-order valence-electron chi connectivity index (χ4n) is 2.03. The molecule has 0 spiro atoms. The number of benzene rings is 1. The zero-order valence-corrected chi connectivity index (χ0v) is 12.8. The predicted molar refractivity (Wildman–Crippen MR) is 78.2 cm³/mol. The molecule has 0 radical (unpaired) electrons. The van der Waals surface area contributed by atoms with Gasteiger partial charge in [-0.1, -0.05) is 33.2 Å². The molecule has 0 N–H and O–H groups in total. The predicted octanol–water partition coefficient (Wildman–Crippen LogP) is 3.36. The second-order valence-corrected chi connectivity index (χ2v) is 5.43. The normalized spacial score (nSPS) is 10.9. The maximum atomic E-state index is 5.30. The fraction of sp³-hybridized carbons (Fsp3) is 0.214. The Kier molecular flexibility index (Phi) is 3.40. The van der Waals surface area contributed by atoms with Crippen LogP contribution in [0.15, 0.2) is 39.3 Å². The summed E-state index contributed by atoms with van der Waals surface area (Å²) >= 11 is 3.48. The second kappa shape index (κ2) is 5.20. The van der Waals surface area contributed by atoms with Gasteiger partial charge in [0.2, 0.25) is 11.7 Å². The van der Waals surface area contributed by atoms with E-state index in [0.717, 1.165) is 21.4 Å². The maximum absolute atomic E-state index is 5.30. The van der Waals surface area contributed by atoms with Gasteiger partial charge in [0, 0.05) is 15.7 Å². The molecule has 0 aliphatic rings. The van der Waals surface area contributed by atoms with Crippen molar-refractivity contribution >= 4 is 15.9 Å². The molecule has 0 saturated carbocycles. The van der Waals surface area contributed by atoms with Crippen molar-refractivity contribution in [3.8, 4) is 11.4 Å². The van der Waals surface area contributed by atoms with Gasteiger partial charge in [-0.05, 0) is 32.0 Å². The summed E-state index contributed by atoms with van der Waals surface area (Å²) in [4.78, 5) is 4.42. The number of hydrogen-bond donors (Lipinski definition) is 0. The van der Waals surface area contributed by atoms with E-state index in [-0.39, 0.29) is 0 Å². The highest BCUT2D eigenvalue weighted by Gasteiger charge is 2.12. The van der Waals surface area contributed by atoms with E-state index in [1.807, 2.05) is 48.9 Å². The molecule has 5 nitrogen and oxygen atoms in total. The quantitative estimate of drug-likeness (QED) is 0.737. The Morgan fingerprint density at radius 3 is 2.75 bits per heavy atom. The molecule has 1 aromatic carbocycles. The average Bonchev–Trinajstić information content (AvgIpc) is 2.98. The molecule has 102 valence electrons. The molecular weight excluding hydrogens is 320 g/mol. The molecule has 3 rings (SSSR count). The van der Waals surface area contributed by atoms with E-state index in [2.05, 4.69) is 31.2 Å². The minimum absolute atomic E-state index is 0.483. The van der Waals surface area contributed by atoms with Crippen LogP contribution in [0.5, 0.6) is 0 Å². The van der Waals surface area contributed by atoms with Crippen LogP contribution in [0.3, 0.4) is 0 Å². The standard InChI is InChI=1S/C14H13BrN4O/c1-9-7-10(2)19(17-9)8-13-16-14(18-20-13)11-5-3-4-6-12(11)15/h3-7H,8H2,1-2H3. The maximum Gasteiger partial charge on any atom is 0.248 e. The van der Waals surface area contributed by atoms with Gasteiger partial charge >= 0.3 is 0 Å². The van der Waals surface area contributed by atoms with Crippen LogP contribution in [0.2, 0.25) is 0 Å². The average molecular weight is 333 g/mol. The molecule has 0 saturated heterocycles. The van der Waals surface area contributed by atoms with Gasteiger partial charge in [-0.3, -0.25) is 4.68 Å². The number of rotatable bonds is 3. The lowest BCUT2D eigenvalue weighted by Gasteiger charge is -1.99. The summed E-state index contributed by atoms with van der Waals surface area (Å²) in [5.41, 5.74) is 2.96. The summed E-state index contributed by atoms with van der Waals surface area (Å²) < 4.78 is 8.10. The molecular formula is C14H13BrN4O. The Morgan fingerprint density at radius 1 is 1.25 bits per heavy atom. The highest BCUT2D eigenvalue weighted by atomic mass is 79.9. The van der Waals surface area contributed by atoms with Crippen molar-refractivity contribution in [2.75, 3.05) is 0 Å². The third kappa shape index (κ3) is 2.51. The highest BCUT2D eigenvalue weighted by molar-refractivity contribution is 9.10. The van der Waals surface area contributed by atoms with Gasteiger partial charge < -0.3 is 4.52 Å². The van der Waals surface area contributed by atoms with Crippen molar-refractivity contribution in [2.45, 2.75) is 20.4 Å². The van der Waals surface area contributed by atoms with E-state index in [1.54, 1.807) is 0 Å². The summed E-state index contributed by atoms with van der Waals surface area (Å²) in [6.45, 7) is 4.45. The van der Waals surface area contributed by atoms with Crippen molar-refractivity contribution in [2.24, 2.45) is 0 Å². The van der Waals surface area contributed by atoms with Crippen LogP contribution >= 0.6 is 15.9 Å². The monoisotopic (exact) mass is 332 g/mol. The molecule has 2 heterocycles. The van der Waals surface area contributed by atoms with Gasteiger partial charge in [0.15, 0.2) is 0 Å². The molecule has 0 aliphatic carbocycles. The van der Waals surface area contributed by atoms with Crippen molar-refractivity contribution in [1.82, 2.24) is 19.9 Å². The number of nitrogens with zero attached hydrogens (tertiary/aromatic N) is 4. The van der Waals surface area contributed by atoms with Crippen LogP contribution in [0, 0.1) is 13.8 Å². The SMILES string of the molecule is Cc1cc(C)n(Cc2nc(-c3ccccc3Br)no2)n1. The van der Waals surface area contributed by atoms with Gasteiger partial charge in [0.1, 0.15) is 6.54 Å². The van der Waals surface area contributed by atoms with Crippen LogP contribution < -0.4 is 0 Å². The zero-order valence-electron chi connectivity index (χ0n) is 11.2. The molecule has 0 aliphatic heterocycles. The Hall–Kier alpha value is -1.95. The molecule has 2 aromatic heterocycles. The Bertz CT molecular complexity index is 747. The van der Waals surface area contributed by atoms with Gasteiger partial charge in [-0.25, -0.2) is 0 Å². The first-order chi connectivity index (χ1) is 9.63. The van der Waals surface area contributed by atoms with E-state index in [9.17, 15) is 0 Å². The number of halogens is 1. The summed E-state index contributed by atoms with van der Waals surface area (Å²) in [6, 6.07) is 9.81. The van der Waals surface area contributed by atoms with Crippen LogP contribution in [-0.2, 0) is 6.54 Å². The summed E-state index contributed by atoms with van der Waals surface area (Å²) in [5, 5.41) is 8.41. The largest absolute Gasteiger partial charge is 0.337 e. The van der Waals surface area contributed by atoms with Gasteiger partial charge in [-0.2, -0.15) is 10.1 Å². The lowest BCUT2D eigenvalue weighted by molar-refractivity contribution is 0.364. The number of aromatic nitrogens is 4. The number of aryl methyl sites for hydroxylation is 2. The van der Waals surface area contributed by atoms with Crippen LogP contribution in [0.25, 0.3) is 11.4 Å². The third-order valence-corrected chi connectivity index (χ3v) is 3.66. The molecule has 3 aromatic rings. The van der Waals surface area contributed by atoms with E-state index < -0.39 is 0 Å². The molecule has 0 bridgehead atoms. The molecule has 0 fully saturated rings. The van der Waals surface area contributed by atoms with E-state index in [4.69, 9.17) is 4.52 Å². The van der Waals surface area contributed by atoms with Crippen molar-refractivity contribution in [3.63, 3.8) is 0 Å². The third-order valence-electron chi connectivity index (χ3n) is 2.97. The minimum atomic E-state index is 0.483. The van der Waals surface area contributed by atoms with Crippen molar-refractivity contribution < 1.29 is 4.52 Å². The molecule has 0 atom stereocenters. The Balaban J connectivity index is 1.88. The summed E-state index contributed by atoms with van der Waals surface area (Å²) in [5.74, 6) is 1.12. The molecule has 0 amide bonds. The van der Waals surface area contributed by atoms with E-state index in [0.29, 0.717) is 18.3 Å². The highest BCUT2D eigenvalue weighted by Crippen LogP contribution is 2.25. The first-order valence-electron chi connectivity index (χ1n) is 6.22. The van der Waals surface area contributed by atoms with Gasteiger partial charge in [0.05, 0.1) is 5.69 Å². The zero-order chi connectivity index (χ0) is 14.1. The van der Waals surface area contributed by atoms with E-state index in [1.165, 1.54) is 0 Å². The van der Waals surface area contributed by atoms with Gasteiger partial charge in [0.25, 0.3) is 0 Å². The van der Waals surface area contributed by atoms with Crippen molar-refractivity contribution in [1.29, 1.82) is 0 Å². The van der Waals surface area contributed by atoms with E-state index >= 15 is 0 Å². The van der Waals surface area contributed by atoms with Crippen LogP contribution in [0.1, 0.15) is 17.3 Å². The first-order valence-corrected chi connectivity index (χ1v) is 7.01. The van der Waals surface area contributed by atoms with Crippen molar-refractivity contribution in [3.05, 3.63) is 52.1 Å². The summed E-state index contributed by atoms with van der Waals surface area (Å²) in [7, 11) is 0. The Morgan fingerprint density at radius 2 is 2.05 bits per heavy atom. The minimum Gasteiger partial charge on any atom is -0.337 e. The lowest BCUT2D eigenvalue weighted by Crippen LogP contribution is -2.04. The summed E-state index contributed by atoms with van der Waals surface area (Å²) in [6.07, 6.45) is 0. The number of hydrogen-bond acceptors (Lipinski definition) is 4. The Labute approximate surface area is 124 Å². The van der Waals surface area contributed by atoms with Crippen LogP contribution in [-0.4, -0.2) is 19.9 Å². The van der Waals surface area contributed by atoms with Gasteiger partial charge in [-0.15, -0.1) is 0 Å². The molecule has 0 unspecified atom stereocenters. The topological polar surface area (TPSA) is 56.7 Å². The first kappa shape index (κ1) is 13.1. The smallest absolute Gasteiger partial charge is 0.248 e. The second-order valence-electron chi connectivity index (χ2n) is 4.58. The molecule has 20 heavy (non-hydrogen) atoms. The molecule has 6 heteroatoms. The van der Waals surface area contributed by atoms with Crippen LogP contribution in [0.4, 0.5) is 0 Å². The fourth-order valence-corrected chi connectivity index (χ4v) is 2.50.